The molecule has 0 aliphatic heterocycles. The van der Waals surface area contributed by atoms with Gasteiger partial charge >= 0.3 is 0 Å². The summed E-state index contributed by atoms with van der Waals surface area (Å²) in [6.45, 7) is 1.07. The smallest absolute Gasteiger partial charge is 0.140 e. The minimum Gasteiger partial charge on any atom is -0.495 e. The molecule has 2 atom stereocenters. The van der Waals surface area contributed by atoms with Crippen molar-refractivity contribution in [2.45, 2.75) is 25.2 Å². The van der Waals surface area contributed by atoms with Crippen LogP contribution in [0.5, 0.6) is 11.5 Å². The zero-order valence-corrected chi connectivity index (χ0v) is 13.4. The van der Waals surface area contributed by atoms with E-state index in [1.165, 1.54) is 24.8 Å². The van der Waals surface area contributed by atoms with Gasteiger partial charge in [-0.2, -0.15) is 0 Å². The van der Waals surface area contributed by atoms with Crippen molar-refractivity contribution in [1.29, 1.82) is 0 Å². The van der Waals surface area contributed by atoms with E-state index in [1.54, 1.807) is 14.2 Å². The lowest BCUT2D eigenvalue weighted by atomic mass is 9.88. The minimum absolute atomic E-state index is 0.574. The topological polar surface area (TPSA) is 30.5 Å². The van der Waals surface area contributed by atoms with Crippen LogP contribution in [-0.4, -0.2) is 27.8 Å². The second-order valence-corrected chi connectivity index (χ2v) is 5.85. The molecule has 1 saturated carbocycles. The molecule has 0 heterocycles. The number of methoxy groups -OCH3 is 2. The largest absolute Gasteiger partial charge is 0.495 e. The Morgan fingerprint density at radius 2 is 2.05 bits per heavy atom. The number of nitrogens with one attached hydrogen (secondary N) is 1. The van der Waals surface area contributed by atoms with Crippen molar-refractivity contribution in [2.24, 2.45) is 5.92 Å². The van der Waals surface area contributed by atoms with E-state index >= 15 is 0 Å². The first kappa shape index (κ1) is 14.7. The molecule has 1 aromatic carbocycles. The maximum atomic E-state index is 5.61. The van der Waals surface area contributed by atoms with E-state index in [9.17, 15) is 0 Å². The van der Waals surface area contributed by atoms with Crippen LogP contribution < -0.4 is 14.8 Å². The van der Waals surface area contributed by atoms with Crippen LogP contribution in [0, 0.1) is 5.92 Å². The van der Waals surface area contributed by atoms with Crippen LogP contribution in [0.3, 0.4) is 0 Å². The van der Waals surface area contributed by atoms with Crippen LogP contribution >= 0.6 is 15.9 Å². The van der Waals surface area contributed by atoms with Gasteiger partial charge in [0.2, 0.25) is 0 Å². The maximum Gasteiger partial charge on any atom is 0.140 e. The lowest BCUT2D eigenvalue weighted by Crippen LogP contribution is -2.21. The predicted molar refractivity (Wildman–Crippen MR) is 81.3 cm³/mol. The fraction of sp³-hybridized carbons (Fsp3) is 0.600. The first-order chi connectivity index (χ1) is 9.22. The van der Waals surface area contributed by atoms with Crippen LogP contribution in [0.4, 0.5) is 0 Å². The Bertz CT molecular complexity index is 436. The Kier molecular flexibility index (Phi) is 5.11. The van der Waals surface area contributed by atoms with Gasteiger partial charge in [-0.05, 0) is 65.8 Å². The quantitative estimate of drug-likeness (QED) is 0.896. The Labute approximate surface area is 123 Å². The van der Waals surface area contributed by atoms with E-state index in [0.717, 1.165) is 22.5 Å². The molecule has 0 amide bonds. The molecule has 3 nitrogen and oxygen atoms in total. The van der Waals surface area contributed by atoms with E-state index in [4.69, 9.17) is 9.47 Å². The van der Waals surface area contributed by atoms with Gasteiger partial charge in [0.15, 0.2) is 0 Å². The molecule has 2 unspecified atom stereocenters. The second-order valence-electron chi connectivity index (χ2n) is 5.06. The molecule has 0 saturated heterocycles. The van der Waals surface area contributed by atoms with E-state index in [2.05, 4.69) is 27.3 Å². The molecule has 1 aliphatic rings. The number of hydrogen-bond acceptors (Lipinski definition) is 3. The summed E-state index contributed by atoms with van der Waals surface area (Å²) in [5, 5.41) is 3.31. The van der Waals surface area contributed by atoms with Gasteiger partial charge in [-0.1, -0.05) is 12.5 Å². The van der Waals surface area contributed by atoms with Crippen molar-refractivity contribution in [2.75, 3.05) is 27.8 Å². The molecule has 1 aromatic rings. The molecule has 0 bridgehead atoms. The van der Waals surface area contributed by atoms with Gasteiger partial charge in [-0.3, -0.25) is 0 Å². The lowest BCUT2D eigenvalue weighted by Gasteiger charge is -2.23. The third-order valence-electron chi connectivity index (χ3n) is 4.04. The van der Waals surface area contributed by atoms with Crippen molar-refractivity contribution < 1.29 is 9.47 Å². The van der Waals surface area contributed by atoms with Gasteiger partial charge in [0.1, 0.15) is 16.0 Å². The van der Waals surface area contributed by atoms with E-state index in [1.807, 2.05) is 13.1 Å². The number of benzene rings is 1. The van der Waals surface area contributed by atoms with E-state index in [-0.39, 0.29) is 0 Å². The standard InChI is InChI=1S/C15H22BrNO2/c1-17-9-10-5-4-6-11(10)12-7-8-13(18-2)14(16)15(12)19-3/h7-8,10-11,17H,4-6,9H2,1-3H3. The molecule has 1 N–H and O–H groups in total. The summed E-state index contributed by atoms with van der Waals surface area (Å²) in [6, 6.07) is 4.18. The highest BCUT2D eigenvalue weighted by atomic mass is 79.9. The van der Waals surface area contributed by atoms with Crippen molar-refractivity contribution in [1.82, 2.24) is 5.32 Å². The fourth-order valence-electron chi connectivity index (χ4n) is 3.16. The maximum absolute atomic E-state index is 5.61. The first-order valence-electron chi connectivity index (χ1n) is 6.77. The molecule has 0 aromatic heterocycles. The molecule has 4 heteroatoms. The summed E-state index contributed by atoms with van der Waals surface area (Å²) >= 11 is 3.59. The van der Waals surface area contributed by atoms with E-state index < -0.39 is 0 Å². The molecule has 2 rings (SSSR count). The second kappa shape index (κ2) is 6.62. The molecule has 0 radical (unpaired) electrons. The summed E-state index contributed by atoms with van der Waals surface area (Å²) in [4.78, 5) is 0. The monoisotopic (exact) mass is 327 g/mol. The zero-order valence-electron chi connectivity index (χ0n) is 11.8. The minimum atomic E-state index is 0.574. The Balaban J connectivity index is 2.36. The first-order valence-corrected chi connectivity index (χ1v) is 7.57. The average molecular weight is 328 g/mol. The highest BCUT2D eigenvalue weighted by molar-refractivity contribution is 9.10. The van der Waals surface area contributed by atoms with Gasteiger partial charge in [-0.15, -0.1) is 0 Å². The average Bonchev–Trinajstić information content (AvgIpc) is 2.87. The number of hydrogen-bond donors (Lipinski definition) is 1. The van der Waals surface area contributed by atoms with Crippen LogP contribution in [-0.2, 0) is 0 Å². The normalized spacial score (nSPS) is 22.5. The molecule has 1 aliphatic carbocycles. The van der Waals surface area contributed by atoms with Crippen molar-refractivity contribution in [3.8, 4) is 11.5 Å². The number of ether oxygens (including phenoxy) is 2. The molecule has 19 heavy (non-hydrogen) atoms. The summed E-state index contributed by atoms with van der Waals surface area (Å²) in [7, 11) is 5.43. The summed E-state index contributed by atoms with van der Waals surface area (Å²) < 4.78 is 11.9. The summed E-state index contributed by atoms with van der Waals surface area (Å²) in [5.74, 6) is 3.01. The van der Waals surface area contributed by atoms with Crippen molar-refractivity contribution in [3.05, 3.63) is 22.2 Å². The molecule has 106 valence electrons. The summed E-state index contributed by atoms with van der Waals surface area (Å²) in [5.41, 5.74) is 1.30. The predicted octanol–water partition coefficient (Wildman–Crippen LogP) is 3.57. The SMILES string of the molecule is CNCC1CCCC1c1ccc(OC)c(Br)c1OC. The van der Waals surface area contributed by atoms with Gasteiger partial charge < -0.3 is 14.8 Å². The number of rotatable bonds is 5. The lowest BCUT2D eigenvalue weighted by molar-refractivity contribution is 0.375. The zero-order chi connectivity index (χ0) is 13.8. The van der Waals surface area contributed by atoms with Crippen molar-refractivity contribution in [3.63, 3.8) is 0 Å². The molecular weight excluding hydrogens is 306 g/mol. The molecule has 1 fully saturated rings. The molecular formula is C15H22BrNO2. The van der Waals surface area contributed by atoms with Gasteiger partial charge in [0, 0.05) is 0 Å². The van der Waals surface area contributed by atoms with Crippen LogP contribution in [0.15, 0.2) is 16.6 Å². The summed E-state index contributed by atoms with van der Waals surface area (Å²) in [6.07, 6.45) is 3.82. The van der Waals surface area contributed by atoms with Gasteiger partial charge in [-0.25, -0.2) is 0 Å². The fourth-order valence-corrected chi connectivity index (χ4v) is 3.85. The third kappa shape index (κ3) is 2.90. The van der Waals surface area contributed by atoms with E-state index in [0.29, 0.717) is 11.8 Å². The highest BCUT2D eigenvalue weighted by Gasteiger charge is 2.31. The van der Waals surface area contributed by atoms with Crippen LogP contribution in [0.1, 0.15) is 30.7 Å². The van der Waals surface area contributed by atoms with Gasteiger partial charge in [0.25, 0.3) is 0 Å². The van der Waals surface area contributed by atoms with Crippen molar-refractivity contribution >= 4 is 15.9 Å². The van der Waals surface area contributed by atoms with Crippen LogP contribution in [0.25, 0.3) is 0 Å². The van der Waals surface area contributed by atoms with Gasteiger partial charge in [0.05, 0.1) is 14.2 Å². The Hall–Kier alpha value is -0.740. The Morgan fingerprint density at radius 1 is 1.26 bits per heavy atom. The number of halogens is 1. The Morgan fingerprint density at radius 3 is 2.68 bits per heavy atom. The molecule has 0 spiro atoms. The highest BCUT2D eigenvalue weighted by Crippen LogP contribution is 2.47. The van der Waals surface area contributed by atoms with Crippen LogP contribution in [0.2, 0.25) is 0 Å². The third-order valence-corrected chi connectivity index (χ3v) is 4.79.